The van der Waals surface area contributed by atoms with Crippen LogP contribution in [0.2, 0.25) is 0 Å². The topological polar surface area (TPSA) is 49.8 Å². The minimum atomic E-state index is -1.23. The number of aromatic nitrogens is 2. The molecule has 2 rings (SSSR count). The lowest BCUT2D eigenvalue weighted by Crippen LogP contribution is -2.08. The van der Waals surface area contributed by atoms with Gasteiger partial charge in [-0.1, -0.05) is 6.92 Å². The fraction of sp³-hybridized carbons (Fsp3) is 0.286. The second-order valence-electron chi connectivity index (χ2n) is 4.30. The van der Waals surface area contributed by atoms with Crippen LogP contribution in [0.25, 0.3) is 0 Å². The minimum Gasteiger partial charge on any atom is -0.370 e. The summed E-state index contributed by atoms with van der Waals surface area (Å²) in [7, 11) is 0. The number of nitrogens with zero attached hydrogens (tertiary/aromatic N) is 2. The molecular weight excluding hydrogens is 281 g/mol. The SMILES string of the molecule is CCNc1ncnc(Nc2cc(F)c(F)cc2F)c1CC. The average Bonchev–Trinajstić information content (AvgIpc) is 2.45. The van der Waals surface area contributed by atoms with Crippen LogP contribution in [-0.4, -0.2) is 16.5 Å². The summed E-state index contributed by atoms with van der Waals surface area (Å²) in [5.41, 5.74) is 0.563. The first kappa shape index (κ1) is 15.1. The zero-order valence-electron chi connectivity index (χ0n) is 11.7. The normalized spacial score (nSPS) is 10.5. The third kappa shape index (κ3) is 3.24. The van der Waals surface area contributed by atoms with Crippen molar-refractivity contribution >= 4 is 17.3 Å². The molecule has 0 atom stereocenters. The summed E-state index contributed by atoms with van der Waals surface area (Å²) in [5, 5.41) is 5.76. The quantitative estimate of drug-likeness (QED) is 0.827. The summed E-state index contributed by atoms with van der Waals surface area (Å²) < 4.78 is 39.8. The van der Waals surface area contributed by atoms with Crippen molar-refractivity contribution in [3.63, 3.8) is 0 Å². The van der Waals surface area contributed by atoms with E-state index in [1.54, 1.807) is 0 Å². The van der Waals surface area contributed by atoms with Crippen molar-refractivity contribution in [2.45, 2.75) is 20.3 Å². The maximum absolute atomic E-state index is 13.7. The molecule has 0 bridgehead atoms. The second kappa shape index (κ2) is 6.43. The van der Waals surface area contributed by atoms with Gasteiger partial charge in [0.25, 0.3) is 0 Å². The molecule has 0 aliphatic carbocycles. The van der Waals surface area contributed by atoms with E-state index < -0.39 is 17.5 Å². The van der Waals surface area contributed by atoms with Gasteiger partial charge in [0.15, 0.2) is 11.6 Å². The van der Waals surface area contributed by atoms with Gasteiger partial charge in [-0.05, 0) is 13.3 Å². The predicted molar refractivity (Wildman–Crippen MR) is 75.2 cm³/mol. The summed E-state index contributed by atoms with van der Waals surface area (Å²) in [4.78, 5) is 8.14. The zero-order valence-corrected chi connectivity index (χ0v) is 11.7. The Kier molecular flexibility index (Phi) is 4.62. The molecule has 4 nitrogen and oxygen atoms in total. The van der Waals surface area contributed by atoms with Crippen LogP contribution >= 0.6 is 0 Å². The molecule has 0 unspecified atom stereocenters. The molecule has 0 fully saturated rings. The molecule has 0 aliphatic rings. The number of rotatable bonds is 5. The van der Waals surface area contributed by atoms with Crippen molar-refractivity contribution < 1.29 is 13.2 Å². The highest BCUT2D eigenvalue weighted by molar-refractivity contribution is 5.65. The monoisotopic (exact) mass is 296 g/mol. The summed E-state index contributed by atoms with van der Waals surface area (Å²) in [6, 6.07) is 1.26. The summed E-state index contributed by atoms with van der Waals surface area (Å²) in [5.74, 6) is -2.27. The van der Waals surface area contributed by atoms with E-state index in [0.717, 1.165) is 11.6 Å². The number of halogens is 3. The van der Waals surface area contributed by atoms with E-state index in [-0.39, 0.29) is 5.69 Å². The van der Waals surface area contributed by atoms with Crippen molar-refractivity contribution in [3.05, 3.63) is 41.5 Å². The summed E-state index contributed by atoms with van der Waals surface area (Å²) in [6.07, 6.45) is 1.91. The third-order valence-corrected chi connectivity index (χ3v) is 2.91. The molecule has 1 aromatic heterocycles. The van der Waals surface area contributed by atoms with Crippen LogP contribution in [0.3, 0.4) is 0 Å². The van der Waals surface area contributed by atoms with Crippen LogP contribution < -0.4 is 10.6 Å². The van der Waals surface area contributed by atoms with Crippen LogP contribution in [0.5, 0.6) is 0 Å². The lowest BCUT2D eigenvalue weighted by molar-refractivity contribution is 0.496. The van der Waals surface area contributed by atoms with Crippen molar-refractivity contribution in [1.29, 1.82) is 0 Å². The number of anilines is 3. The molecule has 0 saturated carbocycles. The van der Waals surface area contributed by atoms with Crippen molar-refractivity contribution in [2.75, 3.05) is 17.2 Å². The van der Waals surface area contributed by atoms with Gasteiger partial charge in [-0.15, -0.1) is 0 Å². The number of hydrogen-bond acceptors (Lipinski definition) is 4. The standard InChI is InChI=1S/C14H15F3N4/c1-3-8-13(18-4-2)19-7-20-14(8)21-12-6-10(16)9(15)5-11(12)17/h5-7H,3-4H2,1-2H3,(H2,18,19,20,21). The van der Waals surface area contributed by atoms with Crippen molar-refractivity contribution in [2.24, 2.45) is 0 Å². The highest BCUT2D eigenvalue weighted by Gasteiger charge is 2.14. The van der Waals surface area contributed by atoms with Gasteiger partial charge < -0.3 is 10.6 Å². The number of benzene rings is 1. The van der Waals surface area contributed by atoms with E-state index in [2.05, 4.69) is 20.6 Å². The Labute approximate surface area is 120 Å². The van der Waals surface area contributed by atoms with Gasteiger partial charge in [0.05, 0.1) is 5.69 Å². The predicted octanol–water partition coefficient (Wildman–Crippen LogP) is 3.63. The minimum absolute atomic E-state index is 0.176. The molecule has 21 heavy (non-hydrogen) atoms. The molecule has 1 aromatic carbocycles. The lowest BCUT2D eigenvalue weighted by Gasteiger charge is -2.14. The van der Waals surface area contributed by atoms with Crippen LogP contribution in [0, 0.1) is 17.5 Å². The first-order valence-electron chi connectivity index (χ1n) is 6.56. The van der Waals surface area contributed by atoms with E-state index in [4.69, 9.17) is 0 Å². The Bertz CT molecular complexity index is 646. The van der Waals surface area contributed by atoms with Crippen LogP contribution in [0.4, 0.5) is 30.5 Å². The second-order valence-corrected chi connectivity index (χ2v) is 4.30. The van der Waals surface area contributed by atoms with Gasteiger partial charge in [0.2, 0.25) is 0 Å². The van der Waals surface area contributed by atoms with E-state index in [0.29, 0.717) is 30.7 Å². The van der Waals surface area contributed by atoms with Crippen LogP contribution in [0.1, 0.15) is 19.4 Å². The van der Waals surface area contributed by atoms with Crippen LogP contribution in [-0.2, 0) is 6.42 Å². The zero-order chi connectivity index (χ0) is 15.4. The van der Waals surface area contributed by atoms with E-state index in [1.807, 2.05) is 13.8 Å². The molecule has 0 amide bonds. The number of nitrogens with one attached hydrogen (secondary N) is 2. The maximum atomic E-state index is 13.7. The molecule has 0 aliphatic heterocycles. The molecule has 112 valence electrons. The molecule has 0 radical (unpaired) electrons. The Hall–Kier alpha value is -2.31. The smallest absolute Gasteiger partial charge is 0.161 e. The Morgan fingerprint density at radius 2 is 1.62 bits per heavy atom. The first-order valence-corrected chi connectivity index (χ1v) is 6.56. The van der Waals surface area contributed by atoms with Gasteiger partial charge in [-0.25, -0.2) is 23.1 Å². The molecule has 2 aromatic rings. The molecule has 7 heteroatoms. The van der Waals surface area contributed by atoms with E-state index >= 15 is 0 Å². The Morgan fingerprint density at radius 1 is 0.952 bits per heavy atom. The largest absolute Gasteiger partial charge is 0.370 e. The molecule has 0 saturated heterocycles. The van der Waals surface area contributed by atoms with Gasteiger partial charge >= 0.3 is 0 Å². The van der Waals surface area contributed by atoms with Crippen LogP contribution in [0.15, 0.2) is 18.5 Å². The lowest BCUT2D eigenvalue weighted by atomic mass is 10.2. The molecule has 0 spiro atoms. The van der Waals surface area contributed by atoms with E-state index in [9.17, 15) is 13.2 Å². The maximum Gasteiger partial charge on any atom is 0.161 e. The third-order valence-electron chi connectivity index (χ3n) is 2.91. The van der Waals surface area contributed by atoms with Crippen molar-refractivity contribution in [3.8, 4) is 0 Å². The highest BCUT2D eigenvalue weighted by Crippen LogP contribution is 2.26. The fourth-order valence-electron chi connectivity index (χ4n) is 1.92. The average molecular weight is 296 g/mol. The Balaban J connectivity index is 2.40. The van der Waals surface area contributed by atoms with Gasteiger partial charge in [-0.3, -0.25) is 0 Å². The fourth-order valence-corrected chi connectivity index (χ4v) is 1.92. The van der Waals surface area contributed by atoms with Gasteiger partial charge in [0, 0.05) is 24.2 Å². The molecule has 1 heterocycles. The molecule has 2 N–H and O–H groups in total. The summed E-state index contributed by atoms with van der Waals surface area (Å²) in [6.45, 7) is 4.49. The van der Waals surface area contributed by atoms with Gasteiger partial charge in [0.1, 0.15) is 23.8 Å². The van der Waals surface area contributed by atoms with Crippen molar-refractivity contribution in [1.82, 2.24) is 9.97 Å². The Morgan fingerprint density at radius 3 is 2.29 bits per heavy atom. The highest BCUT2D eigenvalue weighted by atomic mass is 19.2. The van der Waals surface area contributed by atoms with Gasteiger partial charge in [-0.2, -0.15) is 0 Å². The summed E-state index contributed by atoms with van der Waals surface area (Å²) >= 11 is 0. The number of hydrogen-bond donors (Lipinski definition) is 2. The van der Waals surface area contributed by atoms with E-state index in [1.165, 1.54) is 6.33 Å². The first-order chi connectivity index (χ1) is 10.1. The molecular formula is C14H15F3N4.